The molecule has 0 spiro atoms. The van der Waals surface area contributed by atoms with Gasteiger partial charge >= 0.3 is 0 Å². The fourth-order valence-electron chi connectivity index (χ4n) is 5.42. The first-order valence-corrected chi connectivity index (χ1v) is 15.3. The molecule has 4 amide bonds. The standard InChI is InChI=1S/C31H31BrN4O8/c32-19-3-8-28(33-16-19)44-22-14-21(15-22)42-10-2-1-9-41-11-12-43-23-17-35(18-23)20-4-5-24-25(13-20)31(40)36(30(24)39)26-6-7-27(37)34-29(26)38/h3-5,8,13,16,21-23,26H,6-7,9-12,14-15,17-18H2,(H,34,37,38). The van der Waals surface area contributed by atoms with Crippen LogP contribution in [0.4, 0.5) is 5.69 Å². The number of benzene rings is 1. The normalized spacial score (nSPS) is 23.0. The van der Waals surface area contributed by atoms with Gasteiger partial charge in [0.2, 0.25) is 17.7 Å². The van der Waals surface area contributed by atoms with Gasteiger partial charge in [-0.3, -0.25) is 29.4 Å². The number of carbonyl (C=O) groups excluding carboxylic acids is 4. The number of hydrogen-bond donors (Lipinski definition) is 1. The van der Waals surface area contributed by atoms with Crippen LogP contribution in [0.15, 0.2) is 41.0 Å². The third-order valence-corrected chi connectivity index (χ3v) is 8.42. The number of halogens is 1. The zero-order chi connectivity index (χ0) is 30.6. The maximum atomic E-state index is 13.0. The van der Waals surface area contributed by atoms with E-state index in [2.05, 4.69) is 43.0 Å². The second-order valence-corrected chi connectivity index (χ2v) is 11.9. The van der Waals surface area contributed by atoms with Gasteiger partial charge in [-0.25, -0.2) is 4.98 Å². The van der Waals surface area contributed by atoms with Gasteiger partial charge in [0, 0.05) is 54.8 Å². The molecule has 12 nitrogen and oxygen atoms in total. The van der Waals surface area contributed by atoms with Crippen LogP contribution in [0.5, 0.6) is 5.88 Å². The molecule has 0 bridgehead atoms. The SMILES string of the molecule is O=C1CCC(N2C(=O)c3ccc(N4CC(OCCOCC#CCOC5CC(Oc6ccc(Br)cn6)C5)C4)cc3C2=O)C(=O)N1. The molecule has 4 aliphatic rings. The van der Waals surface area contributed by atoms with Crippen molar-refractivity contribution in [1.82, 2.24) is 15.2 Å². The molecular formula is C31H31BrN4O8. The van der Waals surface area contributed by atoms with Crippen LogP contribution in [0.3, 0.4) is 0 Å². The molecule has 3 fully saturated rings. The predicted octanol–water partition coefficient (Wildman–Crippen LogP) is 2.10. The number of aromatic nitrogens is 1. The van der Waals surface area contributed by atoms with Gasteiger partial charge in [-0.2, -0.15) is 0 Å². The van der Waals surface area contributed by atoms with Gasteiger partial charge in [0.25, 0.3) is 11.8 Å². The topological polar surface area (TPSA) is 137 Å². The number of carbonyl (C=O) groups is 4. The number of hydrogen-bond acceptors (Lipinski definition) is 10. The maximum Gasteiger partial charge on any atom is 0.262 e. The van der Waals surface area contributed by atoms with Gasteiger partial charge < -0.3 is 23.8 Å². The summed E-state index contributed by atoms with van der Waals surface area (Å²) >= 11 is 3.36. The molecule has 1 aliphatic carbocycles. The van der Waals surface area contributed by atoms with E-state index >= 15 is 0 Å². The van der Waals surface area contributed by atoms with Gasteiger partial charge in [-0.05, 0) is 46.6 Å². The minimum absolute atomic E-state index is 0.0264. The Morgan fingerprint density at radius 2 is 1.70 bits per heavy atom. The molecule has 1 aromatic carbocycles. The lowest BCUT2D eigenvalue weighted by Gasteiger charge is -2.40. The quantitative estimate of drug-likeness (QED) is 0.216. The van der Waals surface area contributed by atoms with Crippen LogP contribution in [-0.2, 0) is 23.8 Å². The summed E-state index contributed by atoms with van der Waals surface area (Å²) in [6, 6.07) is 7.84. The van der Waals surface area contributed by atoms with Crippen molar-refractivity contribution in [2.45, 2.75) is 50.0 Å². The molecule has 1 atom stereocenters. The van der Waals surface area contributed by atoms with E-state index in [1.165, 1.54) is 0 Å². The van der Waals surface area contributed by atoms with E-state index in [1.807, 2.05) is 12.1 Å². The Labute approximate surface area is 262 Å². The van der Waals surface area contributed by atoms with Crippen molar-refractivity contribution in [3.63, 3.8) is 0 Å². The van der Waals surface area contributed by atoms with Crippen molar-refractivity contribution < 1.29 is 38.1 Å². The number of rotatable bonds is 11. The summed E-state index contributed by atoms with van der Waals surface area (Å²) < 4.78 is 23.8. The summed E-state index contributed by atoms with van der Waals surface area (Å²) in [6.07, 6.45) is 3.85. The molecule has 4 heterocycles. The van der Waals surface area contributed by atoms with Crippen LogP contribution < -0.4 is 15.0 Å². The Kier molecular flexibility index (Phi) is 9.22. The number of nitrogens with one attached hydrogen (secondary N) is 1. The monoisotopic (exact) mass is 666 g/mol. The van der Waals surface area contributed by atoms with Crippen LogP contribution >= 0.6 is 15.9 Å². The van der Waals surface area contributed by atoms with E-state index in [0.29, 0.717) is 45.4 Å². The summed E-state index contributed by atoms with van der Waals surface area (Å²) in [6.45, 7) is 2.79. The molecule has 1 saturated carbocycles. The fraction of sp³-hybridized carbons (Fsp3) is 0.452. The van der Waals surface area contributed by atoms with E-state index in [-0.39, 0.29) is 42.3 Å². The van der Waals surface area contributed by atoms with Crippen LogP contribution in [0.25, 0.3) is 0 Å². The fourth-order valence-corrected chi connectivity index (χ4v) is 5.66. The lowest BCUT2D eigenvalue weighted by Crippen LogP contribution is -2.54. The van der Waals surface area contributed by atoms with E-state index in [1.54, 1.807) is 24.4 Å². The summed E-state index contributed by atoms with van der Waals surface area (Å²) in [7, 11) is 0. The maximum absolute atomic E-state index is 13.0. The molecule has 1 aromatic heterocycles. The second-order valence-electron chi connectivity index (χ2n) is 10.9. The van der Waals surface area contributed by atoms with E-state index < -0.39 is 29.7 Å². The number of imide groups is 2. The highest BCUT2D eigenvalue weighted by Crippen LogP contribution is 2.32. The van der Waals surface area contributed by atoms with Crippen LogP contribution in [0.2, 0.25) is 0 Å². The van der Waals surface area contributed by atoms with Crippen molar-refractivity contribution in [2.24, 2.45) is 0 Å². The largest absolute Gasteiger partial charge is 0.474 e. The molecule has 1 unspecified atom stereocenters. The first kappa shape index (κ1) is 30.2. The number of anilines is 1. The smallest absolute Gasteiger partial charge is 0.262 e. The van der Waals surface area contributed by atoms with Crippen molar-refractivity contribution in [2.75, 3.05) is 44.4 Å². The molecule has 0 radical (unpaired) electrons. The van der Waals surface area contributed by atoms with Gasteiger partial charge in [-0.1, -0.05) is 11.8 Å². The average molecular weight is 668 g/mol. The Bertz CT molecular complexity index is 1490. The summed E-state index contributed by atoms with van der Waals surface area (Å²) in [5.74, 6) is 4.48. The van der Waals surface area contributed by atoms with E-state index in [4.69, 9.17) is 18.9 Å². The van der Waals surface area contributed by atoms with Gasteiger partial charge in [0.15, 0.2) is 0 Å². The molecule has 13 heteroatoms. The molecule has 44 heavy (non-hydrogen) atoms. The number of ether oxygens (including phenoxy) is 4. The molecule has 3 aliphatic heterocycles. The van der Waals surface area contributed by atoms with Crippen molar-refractivity contribution in [3.05, 3.63) is 52.1 Å². The molecule has 230 valence electrons. The Morgan fingerprint density at radius 1 is 0.909 bits per heavy atom. The van der Waals surface area contributed by atoms with Crippen molar-refractivity contribution in [1.29, 1.82) is 0 Å². The number of fused-ring (bicyclic) bond motifs is 1. The van der Waals surface area contributed by atoms with E-state index in [9.17, 15) is 19.2 Å². The number of piperidine rings is 1. The van der Waals surface area contributed by atoms with Gasteiger partial charge in [0.1, 0.15) is 25.4 Å². The number of pyridine rings is 1. The third kappa shape index (κ3) is 6.78. The zero-order valence-electron chi connectivity index (χ0n) is 23.8. The number of nitrogens with zero attached hydrogens (tertiary/aromatic N) is 3. The Balaban J connectivity index is 0.832. The van der Waals surface area contributed by atoms with Gasteiger partial charge in [-0.15, -0.1) is 0 Å². The molecule has 2 saturated heterocycles. The third-order valence-electron chi connectivity index (χ3n) is 7.95. The highest BCUT2D eigenvalue weighted by Gasteiger charge is 2.45. The summed E-state index contributed by atoms with van der Waals surface area (Å²) in [5, 5.41) is 2.21. The van der Waals surface area contributed by atoms with E-state index in [0.717, 1.165) is 27.9 Å². The van der Waals surface area contributed by atoms with Crippen molar-refractivity contribution in [3.8, 4) is 17.7 Å². The van der Waals surface area contributed by atoms with Crippen LogP contribution in [0.1, 0.15) is 46.4 Å². The first-order valence-electron chi connectivity index (χ1n) is 14.5. The van der Waals surface area contributed by atoms with Crippen molar-refractivity contribution >= 4 is 45.2 Å². The van der Waals surface area contributed by atoms with Crippen LogP contribution in [-0.4, -0.2) is 97.4 Å². The Hall–Kier alpha value is -3.83. The predicted molar refractivity (Wildman–Crippen MR) is 159 cm³/mol. The molecule has 6 rings (SSSR count). The zero-order valence-corrected chi connectivity index (χ0v) is 25.4. The van der Waals surface area contributed by atoms with Crippen LogP contribution in [0, 0.1) is 11.8 Å². The first-order chi connectivity index (χ1) is 21.4. The Morgan fingerprint density at radius 3 is 2.48 bits per heavy atom. The molecule has 1 N–H and O–H groups in total. The lowest BCUT2D eigenvalue weighted by molar-refractivity contribution is -0.136. The molecule has 2 aromatic rings. The minimum Gasteiger partial charge on any atom is -0.474 e. The average Bonchev–Trinajstić information content (AvgIpc) is 3.21. The highest BCUT2D eigenvalue weighted by molar-refractivity contribution is 9.10. The van der Waals surface area contributed by atoms with Gasteiger partial charge in [0.05, 0.1) is 36.5 Å². The lowest BCUT2D eigenvalue weighted by atomic mass is 9.92. The minimum atomic E-state index is -0.977. The summed E-state index contributed by atoms with van der Waals surface area (Å²) in [4.78, 5) is 56.9. The number of amides is 4. The molecular weight excluding hydrogens is 636 g/mol. The highest BCUT2D eigenvalue weighted by atomic mass is 79.9. The summed E-state index contributed by atoms with van der Waals surface area (Å²) in [5.41, 5.74) is 1.33. The second kappa shape index (κ2) is 13.4.